The molecular formula is C12H18N4O2. The zero-order valence-corrected chi connectivity index (χ0v) is 10.4. The van der Waals surface area contributed by atoms with Crippen LogP contribution in [0.15, 0.2) is 17.3 Å². The van der Waals surface area contributed by atoms with Crippen LogP contribution in [0, 0.1) is 0 Å². The molecule has 0 bridgehead atoms. The van der Waals surface area contributed by atoms with Gasteiger partial charge in [0, 0.05) is 24.3 Å². The maximum absolute atomic E-state index is 11.5. The molecule has 2 aromatic rings. The van der Waals surface area contributed by atoms with Gasteiger partial charge in [0.25, 0.3) is 5.56 Å². The normalized spacial score (nSPS) is 13.0. The van der Waals surface area contributed by atoms with Crippen molar-refractivity contribution in [1.82, 2.24) is 20.3 Å². The smallest absolute Gasteiger partial charge is 0.275 e. The first kappa shape index (κ1) is 12.8. The number of aliphatic hydroxyl groups excluding tert-OH is 1. The van der Waals surface area contributed by atoms with Crippen molar-refractivity contribution in [3.8, 4) is 0 Å². The van der Waals surface area contributed by atoms with Crippen molar-refractivity contribution < 1.29 is 5.11 Å². The molecule has 0 unspecified atom stereocenters. The van der Waals surface area contributed by atoms with E-state index in [4.69, 9.17) is 0 Å². The fraction of sp³-hybridized carbons (Fsp3) is 0.500. The molecule has 18 heavy (non-hydrogen) atoms. The van der Waals surface area contributed by atoms with Crippen LogP contribution in [-0.4, -0.2) is 32.7 Å². The summed E-state index contributed by atoms with van der Waals surface area (Å²) in [6, 6.07) is 0.0851. The monoisotopic (exact) mass is 250 g/mol. The van der Waals surface area contributed by atoms with E-state index in [1.54, 1.807) is 6.20 Å². The molecule has 0 fully saturated rings. The highest BCUT2D eigenvalue weighted by Gasteiger charge is 2.10. The second kappa shape index (κ2) is 5.79. The lowest BCUT2D eigenvalue weighted by molar-refractivity contribution is 0.234. The van der Waals surface area contributed by atoms with Gasteiger partial charge in [-0.3, -0.25) is 4.79 Å². The number of hydrogen-bond donors (Lipinski definition) is 4. The number of rotatable bonds is 6. The Morgan fingerprint density at radius 1 is 1.50 bits per heavy atom. The zero-order chi connectivity index (χ0) is 13.0. The maximum atomic E-state index is 11.5. The summed E-state index contributed by atoms with van der Waals surface area (Å²) in [6.07, 6.45) is 5.12. The van der Waals surface area contributed by atoms with Gasteiger partial charge in [-0.2, -0.15) is 0 Å². The van der Waals surface area contributed by atoms with Gasteiger partial charge in [0.05, 0.1) is 18.5 Å². The van der Waals surface area contributed by atoms with Gasteiger partial charge in [-0.1, -0.05) is 13.3 Å². The van der Waals surface area contributed by atoms with Gasteiger partial charge in [-0.15, -0.1) is 0 Å². The van der Waals surface area contributed by atoms with Gasteiger partial charge in [-0.05, 0) is 6.42 Å². The van der Waals surface area contributed by atoms with Crippen molar-refractivity contribution >= 4 is 11.0 Å². The van der Waals surface area contributed by atoms with Crippen molar-refractivity contribution in [2.24, 2.45) is 0 Å². The number of aliphatic hydroxyl groups is 1. The van der Waals surface area contributed by atoms with Crippen LogP contribution in [0.5, 0.6) is 0 Å². The van der Waals surface area contributed by atoms with E-state index in [1.165, 1.54) is 6.33 Å². The molecule has 6 nitrogen and oxygen atoms in total. The van der Waals surface area contributed by atoms with Gasteiger partial charge >= 0.3 is 0 Å². The minimum Gasteiger partial charge on any atom is -0.395 e. The molecule has 0 aliphatic carbocycles. The molecule has 0 aromatic carbocycles. The first-order chi connectivity index (χ1) is 8.76. The van der Waals surface area contributed by atoms with Gasteiger partial charge in [0.1, 0.15) is 5.52 Å². The molecule has 1 atom stereocenters. The van der Waals surface area contributed by atoms with E-state index >= 15 is 0 Å². The maximum Gasteiger partial charge on any atom is 0.275 e. The first-order valence-corrected chi connectivity index (χ1v) is 6.14. The van der Waals surface area contributed by atoms with E-state index in [2.05, 4.69) is 27.2 Å². The molecule has 0 spiro atoms. The number of H-pyrrole nitrogens is 2. The number of nitrogens with zero attached hydrogens (tertiary/aromatic N) is 1. The summed E-state index contributed by atoms with van der Waals surface area (Å²) in [5.41, 5.74) is 1.94. The van der Waals surface area contributed by atoms with E-state index in [0.717, 1.165) is 18.4 Å². The summed E-state index contributed by atoms with van der Waals surface area (Å²) in [4.78, 5) is 21.1. The Hall–Kier alpha value is -1.66. The summed E-state index contributed by atoms with van der Waals surface area (Å²) in [5, 5.41) is 12.5. The van der Waals surface area contributed by atoms with Crippen LogP contribution in [-0.2, 0) is 6.54 Å². The number of fused-ring (bicyclic) bond motifs is 1. The molecule has 0 radical (unpaired) electrons. The van der Waals surface area contributed by atoms with Crippen molar-refractivity contribution in [2.45, 2.75) is 32.4 Å². The van der Waals surface area contributed by atoms with Crippen molar-refractivity contribution in [3.05, 3.63) is 28.4 Å². The lowest BCUT2D eigenvalue weighted by atomic mass is 10.1. The van der Waals surface area contributed by atoms with E-state index in [1.807, 2.05) is 0 Å². The van der Waals surface area contributed by atoms with Crippen LogP contribution in [0.4, 0.5) is 0 Å². The second-order valence-corrected chi connectivity index (χ2v) is 4.32. The molecular weight excluding hydrogens is 232 g/mol. The number of aromatic amines is 2. The van der Waals surface area contributed by atoms with E-state index in [0.29, 0.717) is 17.6 Å². The molecule has 0 aliphatic heterocycles. The topological polar surface area (TPSA) is 93.8 Å². The Morgan fingerprint density at radius 3 is 3.06 bits per heavy atom. The van der Waals surface area contributed by atoms with Gasteiger partial charge in [0.2, 0.25) is 0 Å². The van der Waals surface area contributed by atoms with E-state index in [9.17, 15) is 9.90 Å². The van der Waals surface area contributed by atoms with Gasteiger partial charge < -0.3 is 20.4 Å². The first-order valence-electron chi connectivity index (χ1n) is 6.14. The quantitative estimate of drug-likeness (QED) is 0.600. The second-order valence-electron chi connectivity index (χ2n) is 4.32. The molecule has 4 N–H and O–H groups in total. The number of nitrogens with one attached hydrogen (secondary N) is 3. The highest BCUT2D eigenvalue weighted by atomic mass is 16.3. The van der Waals surface area contributed by atoms with Gasteiger partial charge in [0.15, 0.2) is 0 Å². The SMILES string of the molecule is CCC[C@@H](CO)NCc1c[nH]c2c(=O)[nH]cnc12. The minimum absolute atomic E-state index is 0.0851. The molecule has 0 amide bonds. The van der Waals surface area contributed by atoms with Crippen molar-refractivity contribution in [3.63, 3.8) is 0 Å². The van der Waals surface area contributed by atoms with Gasteiger partial charge in [-0.25, -0.2) is 4.98 Å². The third-order valence-electron chi connectivity index (χ3n) is 2.99. The summed E-state index contributed by atoms with van der Waals surface area (Å²) in [5.74, 6) is 0. The fourth-order valence-corrected chi connectivity index (χ4v) is 2.00. The average molecular weight is 250 g/mol. The molecule has 6 heteroatoms. The lowest BCUT2D eigenvalue weighted by Gasteiger charge is -2.14. The predicted octanol–water partition coefficient (Wildman–Crippen LogP) is 0.502. The molecule has 2 rings (SSSR count). The van der Waals surface area contributed by atoms with Crippen molar-refractivity contribution in [2.75, 3.05) is 6.61 Å². The molecule has 98 valence electrons. The summed E-state index contributed by atoms with van der Waals surface area (Å²) < 4.78 is 0. The highest BCUT2D eigenvalue weighted by Crippen LogP contribution is 2.11. The molecule has 0 aliphatic rings. The number of aromatic nitrogens is 3. The Labute approximate surface area is 104 Å². The van der Waals surface area contributed by atoms with E-state index in [-0.39, 0.29) is 18.2 Å². The minimum atomic E-state index is -0.168. The Bertz CT molecular complexity index is 560. The number of hydrogen-bond acceptors (Lipinski definition) is 4. The molecule has 0 saturated carbocycles. The van der Waals surface area contributed by atoms with Crippen LogP contribution >= 0.6 is 0 Å². The van der Waals surface area contributed by atoms with Crippen LogP contribution in [0.2, 0.25) is 0 Å². The van der Waals surface area contributed by atoms with Crippen LogP contribution in [0.1, 0.15) is 25.3 Å². The third kappa shape index (κ3) is 2.60. The standard InChI is InChI=1S/C12H18N4O2/c1-2-3-9(6-17)13-4-8-5-14-11-10(8)15-7-16-12(11)18/h5,7,9,13-14,17H,2-4,6H2,1H3,(H,15,16,18)/t9-/m0/s1. The van der Waals surface area contributed by atoms with E-state index < -0.39 is 0 Å². The molecule has 2 aromatic heterocycles. The fourth-order valence-electron chi connectivity index (χ4n) is 2.00. The zero-order valence-electron chi connectivity index (χ0n) is 10.4. The van der Waals surface area contributed by atoms with Crippen molar-refractivity contribution in [1.29, 1.82) is 0 Å². The summed E-state index contributed by atoms with van der Waals surface area (Å²) >= 11 is 0. The molecule has 0 saturated heterocycles. The predicted molar refractivity (Wildman–Crippen MR) is 69.3 cm³/mol. The lowest BCUT2D eigenvalue weighted by Crippen LogP contribution is -2.31. The third-order valence-corrected chi connectivity index (χ3v) is 2.99. The Morgan fingerprint density at radius 2 is 2.33 bits per heavy atom. The summed E-state index contributed by atoms with van der Waals surface area (Å²) in [6.45, 7) is 2.78. The van der Waals surface area contributed by atoms with Crippen LogP contribution in [0.3, 0.4) is 0 Å². The Kier molecular flexibility index (Phi) is 4.11. The molecule has 2 heterocycles. The van der Waals surface area contributed by atoms with Crippen LogP contribution in [0.25, 0.3) is 11.0 Å². The average Bonchev–Trinajstić information content (AvgIpc) is 2.79. The summed E-state index contributed by atoms with van der Waals surface area (Å²) in [7, 11) is 0. The largest absolute Gasteiger partial charge is 0.395 e. The Balaban J connectivity index is 2.12. The van der Waals surface area contributed by atoms with Crippen LogP contribution < -0.4 is 10.9 Å². The highest BCUT2D eigenvalue weighted by molar-refractivity contribution is 5.77.